The number of halogens is 1. The van der Waals surface area contributed by atoms with Crippen molar-refractivity contribution < 1.29 is 9.90 Å². The van der Waals surface area contributed by atoms with Gasteiger partial charge in [0, 0.05) is 50.3 Å². The lowest BCUT2D eigenvalue weighted by Crippen LogP contribution is -2.40. The number of aromatic nitrogens is 4. The van der Waals surface area contributed by atoms with E-state index in [0.717, 1.165) is 47.1 Å². The fraction of sp³-hybridized carbons (Fsp3) is 0.417. The largest absolute Gasteiger partial charge is 0.393 e. The molecule has 1 saturated heterocycles. The number of piperidine rings is 1. The molecule has 1 amide bonds. The predicted octanol–water partition coefficient (Wildman–Crippen LogP) is 3.23. The number of hydrogen-bond donors (Lipinski definition) is 1. The SMILES string of the molecule is Cc1cnc(-c2cc(N3CCn4cc(C(=O)N5CCC(O)CC5)nc4C3)ncc2Cl)c(C)c1. The number of imidazole rings is 1. The molecule has 0 saturated carbocycles. The molecule has 1 fully saturated rings. The van der Waals surface area contributed by atoms with E-state index in [1.54, 1.807) is 11.1 Å². The normalized spacial score (nSPS) is 16.7. The zero-order valence-corrected chi connectivity index (χ0v) is 19.6. The third kappa shape index (κ3) is 4.32. The molecule has 0 aliphatic carbocycles. The molecular formula is C24H27ClN6O2. The number of carbonyl (C=O) groups excluding carboxylic acids is 1. The number of likely N-dealkylation sites (tertiary alicyclic amines) is 1. The molecule has 0 radical (unpaired) electrons. The van der Waals surface area contributed by atoms with Crippen LogP contribution in [-0.2, 0) is 13.1 Å². The molecule has 1 N–H and O–H groups in total. The summed E-state index contributed by atoms with van der Waals surface area (Å²) in [6.07, 6.45) is 6.29. The summed E-state index contributed by atoms with van der Waals surface area (Å²) in [7, 11) is 0. The lowest BCUT2D eigenvalue weighted by Gasteiger charge is -2.29. The molecular weight excluding hydrogens is 440 g/mol. The first-order valence-electron chi connectivity index (χ1n) is 11.3. The zero-order chi connectivity index (χ0) is 23.1. The van der Waals surface area contributed by atoms with Gasteiger partial charge in [-0.1, -0.05) is 17.7 Å². The molecule has 3 aromatic heterocycles. The molecule has 8 nitrogen and oxygen atoms in total. The fourth-order valence-corrected chi connectivity index (χ4v) is 4.75. The Labute approximate surface area is 197 Å². The van der Waals surface area contributed by atoms with Gasteiger partial charge in [0.25, 0.3) is 5.91 Å². The fourth-order valence-electron chi connectivity index (χ4n) is 4.56. The van der Waals surface area contributed by atoms with Crippen LogP contribution < -0.4 is 4.90 Å². The van der Waals surface area contributed by atoms with Crippen molar-refractivity contribution in [1.29, 1.82) is 0 Å². The third-order valence-corrected chi connectivity index (χ3v) is 6.71. The van der Waals surface area contributed by atoms with Gasteiger partial charge < -0.3 is 19.5 Å². The number of aryl methyl sites for hydroxylation is 2. The minimum atomic E-state index is -0.312. The minimum absolute atomic E-state index is 0.0665. The number of aliphatic hydroxyl groups excluding tert-OH is 1. The summed E-state index contributed by atoms with van der Waals surface area (Å²) in [5.41, 5.74) is 4.35. The van der Waals surface area contributed by atoms with E-state index in [-0.39, 0.29) is 12.0 Å². The van der Waals surface area contributed by atoms with Crippen LogP contribution in [0.1, 0.15) is 40.3 Å². The van der Waals surface area contributed by atoms with Crippen molar-refractivity contribution in [2.45, 2.75) is 45.9 Å². The van der Waals surface area contributed by atoms with Crippen LogP contribution in [0.4, 0.5) is 5.82 Å². The highest BCUT2D eigenvalue weighted by molar-refractivity contribution is 6.33. The van der Waals surface area contributed by atoms with Gasteiger partial charge in [-0.2, -0.15) is 0 Å². The third-order valence-electron chi connectivity index (χ3n) is 6.41. The average molecular weight is 467 g/mol. The van der Waals surface area contributed by atoms with E-state index in [1.165, 1.54) is 0 Å². The number of anilines is 1. The van der Waals surface area contributed by atoms with Gasteiger partial charge in [0.1, 0.15) is 17.3 Å². The Morgan fingerprint density at radius 3 is 2.64 bits per heavy atom. The number of nitrogens with zero attached hydrogens (tertiary/aromatic N) is 6. The van der Waals surface area contributed by atoms with Crippen molar-refractivity contribution >= 4 is 23.3 Å². The van der Waals surface area contributed by atoms with Gasteiger partial charge in [0.2, 0.25) is 0 Å². The minimum Gasteiger partial charge on any atom is -0.393 e. The van der Waals surface area contributed by atoms with E-state index < -0.39 is 0 Å². The van der Waals surface area contributed by atoms with Gasteiger partial charge >= 0.3 is 0 Å². The summed E-state index contributed by atoms with van der Waals surface area (Å²) in [4.78, 5) is 30.6. The molecule has 0 atom stereocenters. The summed E-state index contributed by atoms with van der Waals surface area (Å²) in [6, 6.07) is 4.08. The molecule has 0 unspecified atom stereocenters. The summed E-state index contributed by atoms with van der Waals surface area (Å²) < 4.78 is 2.05. The highest BCUT2D eigenvalue weighted by Gasteiger charge is 2.27. The summed E-state index contributed by atoms with van der Waals surface area (Å²) >= 11 is 6.49. The van der Waals surface area contributed by atoms with Crippen LogP contribution in [0.25, 0.3) is 11.3 Å². The Balaban J connectivity index is 1.37. The number of fused-ring (bicyclic) bond motifs is 1. The van der Waals surface area contributed by atoms with Crippen molar-refractivity contribution in [2.24, 2.45) is 0 Å². The number of aliphatic hydroxyl groups is 1. The van der Waals surface area contributed by atoms with Gasteiger partial charge in [0.15, 0.2) is 0 Å². The van der Waals surface area contributed by atoms with E-state index in [1.807, 2.05) is 36.9 Å². The van der Waals surface area contributed by atoms with Gasteiger partial charge in [-0.05, 0) is 43.9 Å². The van der Waals surface area contributed by atoms with E-state index >= 15 is 0 Å². The lowest BCUT2D eigenvalue weighted by atomic mass is 10.1. The molecule has 172 valence electrons. The van der Waals surface area contributed by atoms with Crippen molar-refractivity contribution in [1.82, 2.24) is 24.4 Å². The summed E-state index contributed by atoms with van der Waals surface area (Å²) in [6.45, 7) is 7.21. The van der Waals surface area contributed by atoms with Crippen LogP contribution in [0, 0.1) is 13.8 Å². The smallest absolute Gasteiger partial charge is 0.274 e. The van der Waals surface area contributed by atoms with Crippen LogP contribution >= 0.6 is 11.6 Å². The lowest BCUT2D eigenvalue weighted by molar-refractivity contribution is 0.0542. The van der Waals surface area contributed by atoms with E-state index in [9.17, 15) is 9.90 Å². The van der Waals surface area contributed by atoms with Crippen molar-refractivity contribution in [3.63, 3.8) is 0 Å². The number of rotatable bonds is 3. The van der Waals surface area contributed by atoms with Crippen molar-refractivity contribution in [3.05, 3.63) is 58.4 Å². The quantitative estimate of drug-likeness (QED) is 0.637. The second-order valence-electron chi connectivity index (χ2n) is 8.88. The first kappa shape index (κ1) is 21.9. The van der Waals surface area contributed by atoms with Crippen LogP contribution in [0.5, 0.6) is 0 Å². The second-order valence-corrected chi connectivity index (χ2v) is 9.29. The molecule has 5 heterocycles. The van der Waals surface area contributed by atoms with Crippen LogP contribution in [-0.4, -0.2) is 61.2 Å². The molecule has 5 rings (SSSR count). The van der Waals surface area contributed by atoms with E-state index in [2.05, 4.69) is 25.9 Å². The molecule has 2 aliphatic heterocycles. The van der Waals surface area contributed by atoms with E-state index in [4.69, 9.17) is 11.6 Å². The van der Waals surface area contributed by atoms with Gasteiger partial charge in [-0.3, -0.25) is 9.78 Å². The van der Waals surface area contributed by atoms with Crippen molar-refractivity contribution in [3.8, 4) is 11.3 Å². The van der Waals surface area contributed by atoms with Gasteiger partial charge in [0.05, 0.1) is 23.4 Å². The summed E-state index contributed by atoms with van der Waals surface area (Å²) in [5, 5.41) is 10.3. The Hall–Kier alpha value is -2.97. The molecule has 33 heavy (non-hydrogen) atoms. The average Bonchev–Trinajstić information content (AvgIpc) is 3.23. The maximum Gasteiger partial charge on any atom is 0.274 e. The molecule has 0 aromatic carbocycles. The van der Waals surface area contributed by atoms with Gasteiger partial charge in [-0.25, -0.2) is 9.97 Å². The molecule has 0 spiro atoms. The van der Waals surface area contributed by atoms with Gasteiger partial charge in [-0.15, -0.1) is 0 Å². The highest BCUT2D eigenvalue weighted by atomic mass is 35.5. The Kier molecular flexibility index (Phi) is 5.80. The standard InChI is InChI=1S/C24H27ClN6O2/c1-15-9-16(2)23(27-11-15)18-10-21(26-12-19(18)25)31-8-7-30-13-20(28-22(30)14-31)24(33)29-5-3-17(32)4-6-29/h9-13,17,32H,3-8,14H2,1-2H3. The zero-order valence-electron chi connectivity index (χ0n) is 18.8. The van der Waals surface area contributed by atoms with Crippen LogP contribution in [0.15, 0.2) is 30.7 Å². The second kappa shape index (κ2) is 8.76. The van der Waals surface area contributed by atoms with Crippen LogP contribution in [0.3, 0.4) is 0 Å². The Bertz CT molecular complexity index is 1200. The predicted molar refractivity (Wildman–Crippen MR) is 126 cm³/mol. The molecule has 0 bridgehead atoms. The maximum atomic E-state index is 12.9. The highest BCUT2D eigenvalue weighted by Crippen LogP contribution is 2.32. The molecule has 2 aliphatic rings. The van der Waals surface area contributed by atoms with Crippen molar-refractivity contribution in [2.75, 3.05) is 24.5 Å². The number of pyridine rings is 2. The first-order valence-corrected chi connectivity index (χ1v) is 11.6. The first-order chi connectivity index (χ1) is 15.9. The number of amides is 1. The topological polar surface area (TPSA) is 87.4 Å². The molecule has 9 heteroatoms. The Morgan fingerprint density at radius 2 is 1.88 bits per heavy atom. The summed E-state index contributed by atoms with van der Waals surface area (Å²) in [5.74, 6) is 1.58. The van der Waals surface area contributed by atoms with Crippen LogP contribution in [0.2, 0.25) is 5.02 Å². The number of hydrogen-bond acceptors (Lipinski definition) is 6. The Morgan fingerprint density at radius 1 is 1.09 bits per heavy atom. The molecule has 3 aromatic rings. The van der Waals surface area contributed by atoms with E-state index in [0.29, 0.717) is 43.2 Å². The monoisotopic (exact) mass is 466 g/mol. The maximum absolute atomic E-state index is 12.9. The number of carbonyl (C=O) groups is 1.